The van der Waals surface area contributed by atoms with Crippen molar-refractivity contribution in [2.45, 2.75) is 0 Å². The van der Waals surface area contributed by atoms with Crippen molar-refractivity contribution in [3.8, 4) is 0 Å². The van der Waals surface area contributed by atoms with E-state index in [-0.39, 0.29) is 0 Å². The summed E-state index contributed by atoms with van der Waals surface area (Å²) < 4.78 is 0. The Morgan fingerprint density at radius 3 is 3.18 bits per heavy atom. The topological polar surface area (TPSA) is 80.5 Å². The zero-order valence-corrected chi connectivity index (χ0v) is 6.13. The molecule has 11 heavy (non-hydrogen) atoms. The normalized spacial score (nSPS) is 10.6. The Balaban J connectivity index is 2.87. The number of nitrogens with one attached hydrogen (secondary N) is 1. The van der Waals surface area contributed by atoms with Gasteiger partial charge in [0.05, 0.1) is 6.20 Å². The van der Waals surface area contributed by atoms with Crippen LogP contribution in [-0.2, 0) is 0 Å². The van der Waals surface area contributed by atoms with Crippen LogP contribution in [0.2, 0.25) is 5.15 Å². The number of halogens is 1. The lowest BCUT2D eigenvalue weighted by Gasteiger charge is -1.87. The van der Waals surface area contributed by atoms with Gasteiger partial charge in [0.15, 0.2) is 5.52 Å². The van der Waals surface area contributed by atoms with E-state index in [9.17, 15) is 0 Å². The highest BCUT2D eigenvalue weighted by Gasteiger charge is 2.03. The standard InChI is InChI=1S/C5H4ClN5/c6-2-1-8-5-3(9-2)4(7)10-11-5/h1H,(H3,7,8,10,11). The summed E-state index contributed by atoms with van der Waals surface area (Å²) in [4.78, 5) is 7.80. The molecule has 0 aromatic carbocycles. The Bertz CT molecular complexity index is 395. The van der Waals surface area contributed by atoms with Crippen molar-refractivity contribution in [2.75, 3.05) is 5.73 Å². The van der Waals surface area contributed by atoms with Gasteiger partial charge in [-0.05, 0) is 0 Å². The summed E-state index contributed by atoms with van der Waals surface area (Å²) in [6, 6.07) is 0. The van der Waals surface area contributed by atoms with Gasteiger partial charge >= 0.3 is 0 Å². The molecule has 2 rings (SSSR count). The van der Waals surface area contributed by atoms with E-state index in [0.717, 1.165) is 0 Å². The molecule has 0 aliphatic heterocycles. The molecular weight excluding hydrogens is 166 g/mol. The van der Waals surface area contributed by atoms with E-state index in [1.807, 2.05) is 0 Å². The molecule has 0 radical (unpaired) electrons. The third kappa shape index (κ3) is 0.894. The lowest BCUT2D eigenvalue weighted by Crippen LogP contribution is -1.86. The molecular formula is C5H4ClN5. The smallest absolute Gasteiger partial charge is 0.201 e. The van der Waals surface area contributed by atoms with E-state index >= 15 is 0 Å². The third-order valence-corrected chi connectivity index (χ3v) is 1.44. The molecule has 2 aromatic rings. The Kier molecular flexibility index (Phi) is 1.19. The Morgan fingerprint density at radius 2 is 2.36 bits per heavy atom. The Morgan fingerprint density at radius 1 is 1.55 bits per heavy atom. The van der Waals surface area contributed by atoms with Gasteiger partial charge in [0.25, 0.3) is 0 Å². The lowest BCUT2D eigenvalue weighted by molar-refractivity contribution is 1.10. The first-order valence-corrected chi connectivity index (χ1v) is 3.27. The summed E-state index contributed by atoms with van der Waals surface area (Å²) >= 11 is 5.58. The number of anilines is 1. The zero-order valence-electron chi connectivity index (χ0n) is 5.37. The van der Waals surface area contributed by atoms with E-state index in [2.05, 4.69) is 20.2 Å². The highest BCUT2D eigenvalue weighted by molar-refractivity contribution is 6.29. The van der Waals surface area contributed by atoms with E-state index in [1.54, 1.807) is 0 Å². The van der Waals surface area contributed by atoms with Gasteiger partial charge in [0.1, 0.15) is 11.0 Å². The monoisotopic (exact) mass is 169 g/mol. The number of aromatic nitrogens is 4. The number of nitrogen functional groups attached to an aromatic ring is 1. The Hall–Kier alpha value is -1.36. The van der Waals surface area contributed by atoms with Crippen molar-refractivity contribution in [3.05, 3.63) is 11.3 Å². The fourth-order valence-corrected chi connectivity index (χ4v) is 0.923. The number of hydrogen-bond donors (Lipinski definition) is 2. The number of H-pyrrole nitrogens is 1. The molecule has 0 spiro atoms. The van der Waals surface area contributed by atoms with Crippen molar-refractivity contribution < 1.29 is 0 Å². The minimum absolute atomic E-state index is 0.311. The van der Waals surface area contributed by atoms with E-state index in [1.165, 1.54) is 6.20 Å². The quantitative estimate of drug-likeness (QED) is 0.605. The summed E-state index contributed by atoms with van der Waals surface area (Å²) in [5, 5.41) is 6.64. The van der Waals surface area contributed by atoms with E-state index in [0.29, 0.717) is 22.1 Å². The molecule has 5 nitrogen and oxygen atoms in total. The van der Waals surface area contributed by atoms with Crippen LogP contribution in [0.15, 0.2) is 6.20 Å². The van der Waals surface area contributed by atoms with Crippen LogP contribution in [0.5, 0.6) is 0 Å². The van der Waals surface area contributed by atoms with Crippen molar-refractivity contribution in [3.63, 3.8) is 0 Å². The van der Waals surface area contributed by atoms with E-state index < -0.39 is 0 Å². The number of nitrogens with zero attached hydrogens (tertiary/aromatic N) is 3. The number of nitrogens with two attached hydrogens (primary N) is 1. The van der Waals surface area contributed by atoms with Crippen molar-refractivity contribution >= 4 is 28.6 Å². The van der Waals surface area contributed by atoms with Crippen LogP contribution in [0.1, 0.15) is 0 Å². The molecule has 0 atom stereocenters. The first-order valence-electron chi connectivity index (χ1n) is 2.89. The van der Waals surface area contributed by atoms with Crippen LogP contribution in [0.25, 0.3) is 11.2 Å². The van der Waals surface area contributed by atoms with Gasteiger partial charge in [0, 0.05) is 0 Å². The van der Waals surface area contributed by atoms with Crippen LogP contribution >= 0.6 is 11.6 Å². The minimum atomic E-state index is 0.311. The molecule has 0 saturated heterocycles. The summed E-state index contributed by atoms with van der Waals surface area (Å²) in [5.74, 6) is 0.384. The van der Waals surface area contributed by atoms with Crippen LogP contribution in [0.3, 0.4) is 0 Å². The third-order valence-electron chi connectivity index (χ3n) is 1.26. The second kappa shape index (κ2) is 2.06. The van der Waals surface area contributed by atoms with Gasteiger partial charge < -0.3 is 5.73 Å². The van der Waals surface area contributed by atoms with Gasteiger partial charge in [-0.1, -0.05) is 11.6 Å². The van der Waals surface area contributed by atoms with Gasteiger partial charge in [-0.2, -0.15) is 5.10 Å². The molecule has 0 aliphatic rings. The molecule has 6 heteroatoms. The molecule has 0 amide bonds. The van der Waals surface area contributed by atoms with Crippen molar-refractivity contribution in [1.29, 1.82) is 0 Å². The van der Waals surface area contributed by atoms with Gasteiger partial charge in [-0.3, -0.25) is 5.10 Å². The van der Waals surface area contributed by atoms with Crippen LogP contribution in [0.4, 0.5) is 5.82 Å². The second-order valence-electron chi connectivity index (χ2n) is 2.00. The number of aromatic amines is 1. The minimum Gasteiger partial charge on any atom is -0.382 e. The summed E-state index contributed by atoms with van der Waals surface area (Å²) in [6.07, 6.45) is 1.42. The maximum Gasteiger partial charge on any atom is 0.201 e. The van der Waals surface area contributed by atoms with Gasteiger partial charge in [-0.15, -0.1) is 0 Å². The van der Waals surface area contributed by atoms with Gasteiger partial charge in [-0.25, -0.2) is 9.97 Å². The first kappa shape index (κ1) is 6.36. The number of hydrogen-bond acceptors (Lipinski definition) is 4. The molecule has 0 unspecified atom stereocenters. The molecule has 3 N–H and O–H groups in total. The Labute approximate surface area is 66.6 Å². The maximum atomic E-state index is 5.58. The molecule has 0 bridgehead atoms. The van der Waals surface area contributed by atoms with Crippen LogP contribution in [0, 0.1) is 0 Å². The van der Waals surface area contributed by atoms with Crippen LogP contribution < -0.4 is 5.73 Å². The van der Waals surface area contributed by atoms with E-state index in [4.69, 9.17) is 17.3 Å². The predicted molar refractivity (Wildman–Crippen MR) is 41.1 cm³/mol. The highest BCUT2D eigenvalue weighted by Crippen LogP contribution is 2.14. The zero-order chi connectivity index (χ0) is 7.84. The van der Waals surface area contributed by atoms with Gasteiger partial charge in [0.2, 0.25) is 5.65 Å². The summed E-state index contributed by atoms with van der Waals surface area (Å²) in [7, 11) is 0. The summed E-state index contributed by atoms with van der Waals surface area (Å²) in [5.41, 5.74) is 6.46. The molecule has 0 aliphatic carbocycles. The SMILES string of the molecule is Nc1[nH]nc2ncc(Cl)nc12. The highest BCUT2D eigenvalue weighted by atomic mass is 35.5. The first-order chi connectivity index (χ1) is 5.27. The largest absolute Gasteiger partial charge is 0.382 e. The summed E-state index contributed by atoms with van der Waals surface area (Å²) in [6.45, 7) is 0. The number of rotatable bonds is 0. The predicted octanol–water partition coefficient (Wildman–Crippen LogP) is 0.588. The maximum absolute atomic E-state index is 5.58. The second-order valence-corrected chi connectivity index (χ2v) is 2.39. The fraction of sp³-hybridized carbons (Fsp3) is 0. The van der Waals surface area contributed by atoms with Crippen molar-refractivity contribution in [2.24, 2.45) is 0 Å². The lowest BCUT2D eigenvalue weighted by atomic mass is 10.5. The molecule has 56 valence electrons. The van der Waals surface area contributed by atoms with Crippen molar-refractivity contribution in [1.82, 2.24) is 20.2 Å². The number of fused-ring (bicyclic) bond motifs is 1. The van der Waals surface area contributed by atoms with Crippen LogP contribution in [-0.4, -0.2) is 20.2 Å². The molecule has 0 saturated carbocycles. The average molecular weight is 170 g/mol. The molecule has 2 aromatic heterocycles. The average Bonchev–Trinajstić information content (AvgIpc) is 2.33. The molecule has 0 fully saturated rings. The fourth-order valence-electron chi connectivity index (χ4n) is 0.790. The molecule has 2 heterocycles.